The number of nitrogens with zero attached hydrogens (tertiary/aromatic N) is 2. The summed E-state index contributed by atoms with van der Waals surface area (Å²) in [6.45, 7) is 5.59. The second-order valence-corrected chi connectivity index (χ2v) is 4.90. The zero-order valence-electron chi connectivity index (χ0n) is 10.1. The number of nitrogens with one attached hydrogen (secondary N) is 1. The first-order valence-corrected chi connectivity index (χ1v) is 6.80. The third kappa shape index (κ3) is 3.56. The Morgan fingerprint density at radius 3 is 3.00 bits per heavy atom. The second kappa shape index (κ2) is 6.58. The molecular weight excluding hydrogens is 222 g/mol. The number of rotatable bonds is 6. The highest BCUT2D eigenvalue weighted by molar-refractivity contribution is 7.99. The van der Waals surface area contributed by atoms with Crippen molar-refractivity contribution in [3.8, 4) is 0 Å². The fourth-order valence-electron chi connectivity index (χ4n) is 1.33. The van der Waals surface area contributed by atoms with E-state index in [1.165, 1.54) is 0 Å². The average molecular weight is 241 g/mol. The fraction of sp³-hybridized carbons (Fsp3) is 0.636. The molecule has 0 amide bonds. The summed E-state index contributed by atoms with van der Waals surface area (Å²) in [6.07, 6.45) is 6.49. The summed E-state index contributed by atoms with van der Waals surface area (Å²) in [5.74, 6) is 0.456. The van der Waals surface area contributed by atoms with Crippen molar-refractivity contribution in [1.82, 2.24) is 9.55 Å². The summed E-state index contributed by atoms with van der Waals surface area (Å²) in [7, 11) is 0. The van der Waals surface area contributed by atoms with Crippen molar-refractivity contribution in [3.63, 3.8) is 0 Å². The minimum atomic E-state index is -0.0400. The standard InChI is InChI=1S/C11H19N3OS/c1-4-14-8-7-13-10(11(14)15)12-6-5-9(2)16-3/h7-9H,4-6H2,1-3H3,(H,12,13). The Balaban J connectivity index is 2.57. The molecule has 0 fully saturated rings. The number of thioether (sulfide) groups is 1. The van der Waals surface area contributed by atoms with E-state index in [2.05, 4.69) is 23.5 Å². The van der Waals surface area contributed by atoms with Crippen LogP contribution in [0.4, 0.5) is 5.82 Å². The lowest BCUT2D eigenvalue weighted by Crippen LogP contribution is -2.24. The smallest absolute Gasteiger partial charge is 0.293 e. The summed E-state index contributed by atoms with van der Waals surface area (Å²) in [6, 6.07) is 0. The van der Waals surface area contributed by atoms with Crippen molar-refractivity contribution in [3.05, 3.63) is 22.7 Å². The lowest BCUT2D eigenvalue weighted by molar-refractivity contribution is 0.717. The molecule has 0 radical (unpaired) electrons. The zero-order valence-corrected chi connectivity index (χ0v) is 10.9. The Morgan fingerprint density at radius 1 is 1.62 bits per heavy atom. The van der Waals surface area contributed by atoms with E-state index in [9.17, 15) is 4.79 Å². The summed E-state index contributed by atoms with van der Waals surface area (Å²) >= 11 is 1.83. The molecule has 1 rings (SSSR count). The van der Waals surface area contributed by atoms with Crippen molar-refractivity contribution in [2.45, 2.75) is 32.1 Å². The first-order chi connectivity index (χ1) is 7.69. The maximum atomic E-state index is 11.8. The minimum absolute atomic E-state index is 0.0400. The maximum absolute atomic E-state index is 11.8. The van der Waals surface area contributed by atoms with Crippen molar-refractivity contribution >= 4 is 17.6 Å². The number of aromatic nitrogens is 2. The Labute approximate surface area is 100 Å². The Hall–Kier alpha value is -0.970. The van der Waals surface area contributed by atoms with Gasteiger partial charge < -0.3 is 9.88 Å². The number of aryl methyl sites for hydroxylation is 1. The highest BCUT2D eigenvalue weighted by atomic mass is 32.2. The molecule has 1 atom stereocenters. The van der Waals surface area contributed by atoms with E-state index in [-0.39, 0.29) is 5.56 Å². The predicted molar refractivity (Wildman–Crippen MR) is 70.3 cm³/mol. The Morgan fingerprint density at radius 2 is 2.38 bits per heavy atom. The summed E-state index contributed by atoms with van der Waals surface area (Å²) in [5, 5.41) is 3.70. The Kier molecular flexibility index (Phi) is 5.38. The molecule has 0 aromatic carbocycles. The number of hydrogen-bond acceptors (Lipinski definition) is 4. The van der Waals surface area contributed by atoms with Crippen LogP contribution in [0.15, 0.2) is 17.2 Å². The minimum Gasteiger partial charge on any atom is -0.365 e. The van der Waals surface area contributed by atoms with Gasteiger partial charge >= 0.3 is 0 Å². The first kappa shape index (κ1) is 13.1. The van der Waals surface area contributed by atoms with Gasteiger partial charge in [-0.1, -0.05) is 6.92 Å². The molecule has 0 saturated heterocycles. The van der Waals surface area contributed by atoms with Gasteiger partial charge in [-0.05, 0) is 19.6 Å². The predicted octanol–water partition coefficient (Wildman–Crippen LogP) is 1.82. The van der Waals surface area contributed by atoms with Crippen LogP contribution in [-0.4, -0.2) is 27.6 Å². The Bertz CT molecular complexity index is 378. The van der Waals surface area contributed by atoms with E-state index < -0.39 is 0 Å². The number of hydrogen-bond donors (Lipinski definition) is 1. The van der Waals surface area contributed by atoms with E-state index in [1.807, 2.05) is 18.7 Å². The van der Waals surface area contributed by atoms with E-state index in [1.54, 1.807) is 17.0 Å². The van der Waals surface area contributed by atoms with Crippen LogP contribution < -0.4 is 10.9 Å². The van der Waals surface area contributed by atoms with Crippen molar-refractivity contribution in [2.75, 3.05) is 18.1 Å². The molecule has 0 aliphatic rings. The fourth-order valence-corrected chi connectivity index (χ4v) is 1.68. The van der Waals surface area contributed by atoms with E-state index in [0.717, 1.165) is 13.0 Å². The van der Waals surface area contributed by atoms with Gasteiger partial charge in [0.1, 0.15) is 0 Å². The summed E-state index contributed by atoms with van der Waals surface area (Å²) in [4.78, 5) is 15.8. The van der Waals surface area contributed by atoms with E-state index in [0.29, 0.717) is 17.6 Å². The van der Waals surface area contributed by atoms with Gasteiger partial charge in [0.25, 0.3) is 5.56 Å². The summed E-state index contributed by atoms with van der Waals surface area (Å²) in [5.41, 5.74) is -0.0400. The SMILES string of the molecule is CCn1ccnc(NCCC(C)SC)c1=O. The molecule has 90 valence electrons. The first-order valence-electron chi connectivity index (χ1n) is 5.51. The van der Waals surface area contributed by atoms with Gasteiger partial charge in [0.05, 0.1) is 0 Å². The lowest BCUT2D eigenvalue weighted by atomic mass is 10.3. The van der Waals surface area contributed by atoms with Gasteiger partial charge in [-0.25, -0.2) is 4.98 Å². The van der Waals surface area contributed by atoms with Gasteiger partial charge in [-0.2, -0.15) is 11.8 Å². The van der Waals surface area contributed by atoms with Gasteiger partial charge in [0.2, 0.25) is 0 Å². The van der Waals surface area contributed by atoms with Crippen LogP contribution in [0.25, 0.3) is 0 Å². The van der Waals surface area contributed by atoms with Crippen LogP contribution in [0.1, 0.15) is 20.3 Å². The average Bonchev–Trinajstić information content (AvgIpc) is 2.31. The zero-order chi connectivity index (χ0) is 12.0. The van der Waals surface area contributed by atoms with Gasteiger partial charge in [-0.3, -0.25) is 4.79 Å². The molecule has 4 nitrogen and oxygen atoms in total. The van der Waals surface area contributed by atoms with Gasteiger partial charge in [-0.15, -0.1) is 0 Å². The molecule has 0 spiro atoms. The molecule has 1 aromatic heterocycles. The third-order valence-corrected chi connectivity index (χ3v) is 3.54. The van der Waals surface area contributed by atoms with E-state index in [4.69, 9.17) is 0 Å². The number of anilines is 1. The highest BCUT2D eigenvalue weighted by Crippen LogP contribution is 2.08. The molecule has 1 heterocycles. The molecule has 0 saturated carbocycles. The lowest BCUT2D eigenvalue weighted by Gasteiger charge is -2.10. The normalized spacial score (nSPS) is 12.4. The molecule has 16 heavy (non-hydrogen) atoms. The highest BCUT2D eigenvalue weighted by Gasteiger charge is 2.04. The third-order valence-electron chi connectivity index (χ3n) is 2.50. The monoisotopic (exact) mass is 241 g/mol. The van der Waals surface area contributed by atoms with Crippen molar-refractivity contribution in [2.24, 2.45) is 0 Å². The van der Waals surface area contributed by atoms with Crippen LogP contribution in [0.5, 0.6) is 0 Å². The van der Waals surface area contributed by atoms with Crippen LogP contribution in [0.3, 0.4) is 0 Å². The second-order valence-electron chi connectivity index (χ2n) is 3.63. The van der Waals surface area contributed by atoms with Gasteiger partial charge in [0.15, 0.2) is 5.82 Å². The molecule has 0 aliphatic carbocycles. The largest absolute Gasteiger partial charge is 0.365 e. The molecular formula is C11H19N3OS. The quantitative estimate of drug-likeness (QED) is 0.825. The van der Waals surface area contributed by atoms with Gasteiger partial charge in [0, 0.05) is 30.7 Å². The topological polar surface area (TPSA) is 46.9 Å². The van der Waals surface area contributed by atoms with Crippen LogP contribution in [0, 0.1) is 0 Å². The van der Waals surface area contributed by atoms with Crippen molar-refractivity contribution < 1.29 is 0 Å². The molecule has 1 aromatic rings. The van der Waals surface area contributed by atoms with Crippen LogP contribution >= 0.6 is 11.8 Å². The van der Waals surface area contributed by atoms with Crippen LogP contribution in [0.2, 0.25) is 0 Å². The van der Waals surface area contributed by atoms with E-state index >= 15 is 0 Å². The maximum Gasteiger partial charge on any atom is 0.293 e. The molecule has 0 aliphatic heterocycles. The molecule has 1 N–H and O–H groups in total. The molecule has 1 unspecified atom stereocenters. The molecule has 5 heteroatoms. The molecule has 0 bridgehead atoms. The summed E-state index contributed by atoms with van der Waals surface area (Å²) < 4.78 is 1.65. The van der Waals surface area contributed by atoms with Crippen LogP contribution in [-0.2, 0) is 6.54 Å². The van der Waals surface area contributed by atoms with Crippen molar-refractivity contribution in [1.29, 1.82) is 0 Å².